The molecule has 0 aliphatic rings. The van der Waals surface area contributed by atoms with Gasteiger partial charge in [0, 0.05) is 20.1 Å². The van der Waals surface area contributed by atoms with E-state index in [1.54, 1.807) is 0 Å². The molecule has 5 heteroatoms. The van der Waals surface area contributed by atoms with Crippen LogP contribution in [0.25, 0.3) is 0 Å². The number of hydrogen-bond acceptors (Lipinski definition) is 3. The molecule has 0 atom stereocenters. The average molecular weight is 217 g/mol. The van der Waals surface area contributed by atoms with Gasteiger partial charge in [-0.25, -0.2) is 0 Å². The molecule has 0 unspecified atom stereocenters. The zero-order chi connectivity index (χ0) is 11.5. The first-order valence-corrected chi connectivity index (χ1v) is 5.14. The SMILES string of the molecule is COCC(=O)NCCCCCCC(=O)O. The van der Waals surface area contributed by atoms with Crippen molar-refractivity contribution in [2.45, 2.75) is 32.1 Å². The van der Waals surface area contributed by atoms with Crippen LogP contribution in [0.15, 0.2) is 0 Å². The predicted molar refractivity (Wildman–Crippen MR) is 55.6 cm³/mol. The van der Waals surface area contributed by atoms with Crippen molar-refractivity contribution in [3.8, 4) is 0 Å². The van der Waals surface area contributed by atoms with E-state index >= 15 is 0 Å². The lowest BCUT2D eigenvalue weighted by molar-refractivity contribution is -0.137. The van der Waals surface area contributed by atoms with Gasteiger partial charge in [0.15, 0.2) is 0 Å². The molecule has 0 fully saturated rings. The lowest BCUT2D eigenvalue weighted by atomic mass is 10.1. The molecule has 0 aromatic carbocycles. The topological polar surface area (TPSA) is 75.6 Å². The summed E-state index contributed by atoms with van der Waals surface area (Å²) in [5, 5.41) is 11.1. The molecule has 0 rings (SSSR count). The van der Waals surface area contributed by atoms with Gasteiger partial charge in [-0.1, -0.05) is 12.8 Å². The first-order valence-electron chi connectivity index (χ1n) is 5.14. The van der Waals surface area contributed by atoms with Gasteiger partial charge < -0.3 is 15.2 Å². The fraction of sp³-hybridized carbons (Fsp3) is 0.800. The van der Waals surface area contributed by atoms with Gasteiger partial charge in [-0.05, 0) is 12.8 Å². The number of aliphatic carboxylic acids is 1. The Balaban J connectivity index is 3.11. The Bertz CT molecular complexity index is 194. The molecule has 0 bridgehead atoms. The third kappa shape index (κ3) is 10.8. The van der Waals surface area contributed by atoms with Crippen LogP contribution in [0.5, 0.6) is 0 Å². The third-order valence-corrected chi connectivity index (χ3v) is 1.92. The summed E-state index contributed by atoms with van der Waals surface area (Å²) < 4.78 is 4.65. The predicted octanol–water partition coefficient (Wildman–Crippen LogP) is 0.784. The van der Waals surface area contributed by atoms with Crippen LogP contribution in [0.4, 0.5) is 0 Å². The number of carboxylic acids is 1. The van der Waals surface area contributed by atoms with Crippen molar-refractivity contribution in [3.63, 3.8) is 0 Å². The number of carbonyl (C=O) groups excluding carboxylic acids is 1. The van der Waals surface area contributed by atoms with Crippen LogP contribution in [0.1, 0.15) is 32.1 Å². The minimum absolute atomic E-state index is 0.0962. The Morgan fingerprint density at radius 3 is 2.47 bits per heavy atom. The van der Waals surface area contributed by atoms with E-state index in [1.807, 2.05) is 0 Å². The van der Waals surface area contributed by atoms with Gasteiger partial charge in [0.1, 0.15) is 6.61 Å². The molecule has 2 N–H and O–H groups in total. The van der Waals surface area contributed by atoms with Crippen LogP contribution in [-0.2, 0) is 14.3 Å². The lowest BCUT2D eigenvalue weighted by Crippen LogP contribution is -2.27. The van der Waals surface area contributed by atoms with Gasteiger partial charge in [-0.15, -0.1) is 0 Å². The second-order valence-corrected chi connectivity index (χ2v) is 3.34. The van der Waals surface area contributed by atoms with E-state index in [9.17, 15) is 9.59 Å². The van der Waals surface area contributed by atoms with Crippen molar-refractivity contribution in [2.24, 2.45) is 0 Å². The fourth-order valence-corrected chi connectivity index (χ4v) is 1.16. The summed E-state index contributed by atoms with van der Waals surface area (Å²) >= 11 is 0. The summed E-state index contributed by atoms with van der Waals surface area (Å²) in [6, 6.07) is 0. The Hall–Kier alpha value is -1.10. The molecule has 0 heterocycles. The normalized spacial score (nSPS) is 9.93. The highest BCUT2D eigenvalue weighted by Crippen LogP contribution is 2.01. The molecule has 0 saturated heterocycles. The minimum atomic E-state index is -0.747. The molecule has 0 aromatic rings. The molecule has 15 heavy (non-hydrogen) atoms. The van der Waals surface area contributed by atoms with Crippen LogP contribution in [-0.4, -0.2) is 37.2 Å². The highest BCUT2D eigenvalue weighted by molar-refractivity contribution is 5.77. The fourth-order valence-electron chi connectivity index (χ4n) is 1.16. The molecule has 5 nitrogen and oxygen atoms in total. The Morgan fingerprint density at radius 1 is 1.20 bits per heavy atom. The quantitative estimate of drug-likeness (QED) is 0.560. The summed E-state index contributed by atoms with van der Waals surface area (Å²) in [7, 11) is 1.48. The molecular weight excluding hydrogens is 198 g/mol. The van der Waals surface area contributed by atoms with Crippen LogP contribution in [0.3, 0.4) is 0 Å². The maximum absolute atomic E-state index is 10.9. The summed E-state index contributed by atoms with van der Waals surface area (Å²) in [4.78, 5) is 21.1. The Kier molecular flexibility index (Phi) is 8.76. The third-order valence-electron chi connectivity index (χ3n) is 1.92. The largest absolute Gasteiger partial charge is 0.481 e. The van der Waals surface area contributed by atoms with Gasteiger partial charge in [-0.3, -0.25) is 9.59 Å². The Morgan fingerprint density at radius 2 is 1.87 bits per heavy atom. The van der Waals surface area contributed by atoms with E-state index in [4.69, 9.17) is 5.11 Å². The zero-order valence-corrected chi connectivity index (χ0v) is 9.12. The van der Waals surface area contributed by atoms with Gasteiger partial charge in [0.05, 0.1) is 0 Å². The first kappa shape index (κ1) is 13.9. The van der Waals surface area contributed by atoms with E-state index in [0.29, 0.717) is 13.0 Å². The molecule has 88 valence electrons. The number of rotatable bonds is 9. The van der Waals surface area contributed by atoms with Crippen LogP contribution in [0.2, 0.25) is 0 Å². The minimum Gasteiger partial charge on any atom is -0.481 e. The number of amides is 1. The van der Waals surface area contributed by atoms with Gasteiger partial charge in [0.2, 0.25) is 5.91 Å². The number of methoxy groups -OCH3 is 1. The van der Waals surface area contributed by atoms with Crippen molar-refractivity contribution < 1.29 is 19.4 Å². The number of carbonyl (C=O) groups is 2. The summed E-state index contributed by atoms with van der Waals surface area (Å²) in [5.74, 6) is -0.855. The van der Waals surface area contributed by atoms with Gasteiger partial charge in [0.25, 0.3) is 0 Å². The van der Waals surface area contributed by atoms with E-state index in [2.05, 4.69) is 10.1 Å². The van der Waals surface area contributed by atoms with Crippen molar-refractivity contribution in [2.75, 3.05) is 20.3 Å². The second kappa shape index (κ2) is 9.45. The van der Waals surface area contributed by atoms with Crippen molar-refractivity contribution in [3.05, 3.63) is 0 Å². The number of ether oxygens (including phenoxy) is 1. The molecule has 0 aliphatic carbocycles. The second-order valence-electron chi connectivity index (χ2n) is 3.34. The lowest BCUT2D eigenvalue weighted by Gasteiger charge is -2.03. The van der Waals surface area contributed by atoms with Crippen molar-refractivity contribution >= 4 is 11.9 Å². The monoisotopic (exact) mass is 217 g/mol. The molecule has 1 amide bonds. The van der Waals surface area contributed by atoms with E-state index in [0.717, 1.165) is 19.3 Å². The molecule has 0 spiro atoms. The summed E-state index contributed by atoms with van der Waals surface area (Å²) in [6.07, 6.45) is 3.67. The first-order chi connectivity index (χ1) is 7.16. The van der Waals surface area contributed by atoms with Gasteiger partial charge in [-0.2, -0.15) is 0 Å². The van der Waals surface area contributed by atoms with Crippen LogP contribution in [0, 0.1) is 0 Å². The molecule has 0 aromatic heterocycles. The molecular formula is C10H19NO4. The smallest absolute Gasteiger partial charge is 0.303 e. The van der Waals surface area contributed by atoms with Crippen LogP contribution >= 0.6 is 0 Å². The van der Waals surface area contributed by atoms with Crippen molar-refractivity contribution in [1.29, 1.82) is 0 Å². The maximum atomic E-state index is 10.9. The van der Waals surface area contributed by atoms with Crippen molar-refractivity contribution in [1.82, 2.24) is 5.32 Å². The molecule has 0 aliphatic heterocycles. The van der Waals surface area contributed by atoms with E-state index in [-0.39, 0.29) is 18.9 Å². The highest BCUT2D eigenvalue weighted by atomic mass is 16.5. The maximum Gasteiger partial charge on any atom is 0.303 e. The zero-order valence-electron chi connectivity index (χ0n) is 9.12. The number of nitrogens with one attached hydrogen (secondary N) is 1. The summed E-state index contributed by atoms with van der Waals surface area (Å²) in [5.41, 5.74) is 0. The number of unbranched alkanes of at least 4 members (excludes halogenated alkanes) is 3. The molecule has 0 saturated carbocycles. The standard InChI is InChI=1S/C10H19NO4/c1-15-8-9(12)11-7-5-3-2-4-6-10(13)14/h2-8H2,1H3,(H,11,12)(H,13,14). The van der Waals surface area contributed by atoms with E-state index < -0.39 is 5.97 Å². The van der Waals surface area contributed by atoms with Gasteiger partial charge >= 0.3 is 5.97 Å². The average Bonchev–Trinajstić information content (AvgIpc) is 2.16. The number of carboxylic acid groups (broad SMARTS) is 1. The highest BCUT2D eigenvalue weighted by Gasteiger charge is 1.99. The summed E-state index contributed by atoms with van der Waals surface area (Å²) in [6.45, 7) is 0.730. The number of hydrogen-bond donors (Lipinski definition) is 2. The molecule has 0 radical (unpaired) electrons. The van der Waals surface area contributed by atoms with E-state index in [1.165, 1.54) is 7.11 Å². The Labute approximate surface area is 89.8 Å². The van der Waals surface area contributed by atoms with Crippen LogP contribution < -0.4 is 5.32 Å².